The van der Waals surface area contributed by atoms with Crippen molar-refractivity contribution >= 4 is 28.7 Å². The average Bonchev–Trinajstić information content (AvgIpc) is 3.16. The van der Waals surface area contributed by atoms with Gasteiger partial charge in [0.05, 0.1) is 11.1 Å². The highest BCUT2D eigenvalue weighted by Crippen LogP contribution is 2.28. The summed E-state index contributed by atoms with van der Waals surface area (Å²) in [6, 6.07) is 21.1. The van der Waals surface area contributed by atoms with Crippen LogP contribution >= 0.6 is 0 Å². The second-order valence-corrected chi connectivity index (χ2v) is 7.96. The largest absolute Gasteiger partial charge is 0.483 e. The number of carbonyl (C=O) groups excluding carboxylic acids is 1. The van der Waals surface area contributed by atoms with Crippen LogP contribution in [0.15, 0.2) is 78.0 Å². The van der Waals surface area contributed by atoms with Gasteiger partial charge in [-0.25, -0.2) is 5.43 Å². The summed E-state index contributed by atoms with van der Waals surface area (Å²) in [5.74, 6) is 0.0233. The van der Waals surface area contributed by atoms with E-state index in [9.17, 15) is 14.9 Å². The Labute approximate surface area is 196 Å². The number of nitro benzene ring substituents is 1. The van der Waals surface area contributed by atoms with Gasteiger partial charge in [-0.1, -0.05) is 48.5 Å². The molecule has 0 aliphatic carbocycles. The van der Waals surface area contributed by atoms with E-state index in [1.165, 1.54) is 17.7 Å². The van der Waals surface area contributed by atoms with Crippen LogP contribution in [0.4, 0.5) is 5.69 Å². The summed E-state index contributed by atoms with van der Waals surface area (Å²) in [5.41, 5.74) is 6.80. The quantitative estimate of drug-likeness (QED) is 0.235. The topological polar surface area (TPSA) is 98.8 Å². The number of nitro groups is 1. The van der Waals surface area contributed by atoms with Crippen LogP contribution < -0.4 is 10.2 Å². The van der Waals surface area contributed by atoms with Crippen LogP contribution in [0.1, 0.15) is 22.3 Å². The van der Waals surface area contributed by atoms with Gasteiger partial charge in [-0.15, -0.1) is 0 Å². The van der Waals surface area contributed by atoms with Crippen LogP contribution in [0.2, 0.25) is 0 Å². The number of hydrazone groups is 1. The number of aryl methyl sites for hydroxylation is 2. The molecule has 0 spiro atoms. The number of nitrogens with zero attached hydrogens (tertiary/aromatic N) is 3. The number of para-hydroxylation sites is 1. The fourth-order valence-corrected chi connectivity index (χ4v) is 3.89. The molecule has 1 N–H and O–H groups in total. The van der Waals surface area contributed by atoms with Crippen molar-refractivity contribution in [2.45, 2.75) is 20.4 Å². The number of carbonyl (C=O) groups is 1. The van der Waals surface area contributed by atoms with Gasteiger partial charge in [0.15, 0.2) is 6.61 Å². The number of nitrogens with one attached hydrogen (secondary N) is 1. The van der Waals surface area contributed by atoms with Gasteiger partial charge in [0.1, 0.15) is 5.75 Å². The number of fused-ring (bicyclic) bond motifs is 1. The van der Waals surface area contributed by atoms with Crippen molar-refractivity contribution in [2.75, 3.05) is 6.61 Å². The van der Waals surface area contributed by atoms with Crippen molar-refractivity contribution in [3.8, 4) is 5.75 Å². The molecule has 1 aromatic heterocycles. The Morgan fingerprint density at radius 1 is 1.09 bits per heavy atom. The van der Waals surface area contributed by atoms with Crippen LogP contribution in [0.25, 0.3) is 10.9 Å². The number of hydrogen-bond acceptors (Lipinski definition) is 5. The zero-order valence-corrected chi connectivity index (χ0v) is 18.9. The first kappa shape index (κ1) is 22.7. The lowest BCUT2D eigenvalue weighted by Crippen LogP contribution is -2.25. The molecule has 34 heavy (non-hydrogen) atoms. The molecule has 0 radical (unpaired) electrons. The Bertz CT molecular complexity index is 1350. The van der Waals surface area contributed by atoms with Gasteiger partial charge in [-0.3, -0.25) is 14.9 Å². The van der Waals surface area contributed by atoms with E-state index in [4.69, 9.17) is 4.74 Å². The molecule has 8 heteroatoms. The van der Waals surface area contributed by atoms with Crippen molar-refractivity contribution in [1.82, 2.24) is 9.99 Å². The smallest absolute Gasteiger partial charge is 0.277 e. The molecule has 172 valence electrons. The molecule has 0 atom stereocenters. The highest BCUT2D eigenvalue weighted by Gasteiger charge is 2.14. The molecular formula is C26H24N4O4. The SMILES string of the molecule is Cc1cc([N+](=O)[O-])cc(C)c1OCC(=O)NN=Cc1cn(Cc2ccccc2)c2ccccc12. The number of hydrogen-bond donors (Lipinski definition) is 1. The third-order valence-electron chi connectivity index (χ3n) is 5.41. The predicted molar refractivity (Wildman–Crippen MR) is 131 cm³/mol. The minimum atomic E-state index is -0.456. The van der Waals surface area contributed by atoms with Crippen LogP contribution in [0.3, 0.4) is 0 Å². The summed E-state index contributed by atoms with van der Waals surface area (Å²) >= 11 is 0. The highest BCUT2D eigenvalue weighted by molar-refractivity contribution is 5.99. The summed E-state index contributed by atoms with van der Waals surface area (Å²) in [6.45, 7) is 3.88. The lowest BCUT2D eigenvalue weighted by Gasteiger charge is -2.11. The number of ether oxygens (including phenoxy) is 1. The summed E-state index contributed by atoms with van der Waals surface area (Å²) in [5, 5.41) is 16.1. The van der Waals surface area contributed by atoms with Crippen molar-refractivity contribution in [3.63, 3.8) is 0 Å². The summed E-state index contributed by atoms with van der Waals surface area (Å²) < 4.78 is 7.74. The second-order valence-electron chi connectivity index (χ2n) is 7.96. The van der Waals surface area contributed by atoms with Gasteiger partial charge in [-0.05, 0) is 36.6 Å². The maximum atomic E-state index is 12.3. The number of aromatic nitrogens is 1. The summed E-state index contributed by atoms with van der Waals surface area (Å²) in [6.07, 6.45) is 3.62. The normalized spacial score (nSPS) is 11.1. The van der Waals surface area contributed by atoms with Crippen molar-refractivity contribution in [2.24, 2.45) is 5.10 Å². The van der Waals surface area contributed by atoms with Gasteiger partial charge in [0.25, 0.3) is 11.6 Å². The number of amides is 1. The maximum Gasteiger partial charge on any atom is 0.277 e. The molecule has 0 bridgehead atoms. The molecule has 3 aromatic carbocycles. The van der Waals surface area contributed by atoms with Crippen molar-refractivity contribution < 1.29 is 14.5 Å². The molecule has 4 rings (SSSR count). The number of non-ortho nitro benzene ring substituents is 1. The molecule has 0 saturated heterocycles. The number of benzene rings is 3. The monoisotopic (exact) mass is 456 g/mol. The fraction of sp³-hybridized carbons (Fsp3) is 0.154. The first-order valence-corrected chi connectivity index (χ1v) is 10.7. The lowest BCUT2D eigenvalue weighted by molar-refractivity contribution is -0.385. The molecular weight excluding hydrogens is 432 g/mol. The van der Waals surface area contributed by atoms with Crippen LogP contribution in [-0.2, 0) is 11.3 Å². The van der Waals surface area contributed by atoms with Gasteiger partial charge in [0.2, 0.25) is 0 Å². The van der Waals surface area contributed by atoms with E-state index in [1.807, 2.05) is 42.6 Å². The molecule has 0 saturated carbocycles. The highest BCUT2D eigenvalue weighted by atomic mass is 16.6. The molecule has 1 heterocycles. The lowest BCUT2D eigenvalue weighted by atomic mass is 10.1. The first-order valence-electron chi connectivity index (χ1n) is 10.7. The Morgan fingerprint density at radius 3 is 2.47 bits per heavy atom. The van der Waals surface area contributed by atoms with Crippen LogP contribution in [0.5, 0.6) is 5.75 Å². The van der Waals surface area contributed by atoms with E-state index in [-0.39, 0.29) is 12.3 Å². The first-order chi connectivity index (χ1) is 16.4. The zero-order chi connectivity index (χ0) is 24.1. The molecule has 0 aliphatic heterocycles. The minimum Gasteiger partial charge on any atom is -0.483 e. The van der Waals surface area contributed by atoms with E-state index < -0.39 is 10.8 Å². The van der Waals surface area contributed by atoms with Crippen molar-refractivity contribution in [3.05, 3.63) is 105 Å². The third-order valence-corrected chi connectivity index (χ3v) is 5.41. The van der Waals surface area contributed by atoms with E-state index in [1.54, 1.807) is 20.1 Å². The van der Waals surface area contributed by atoms with Gasteiger partial charge >= 0.3 is 0 Å². The number of rotatable bonds is 8. The molecule has 8 nitrogen and oxygen atoms in total. The summed E-state index contributed by atoms with van der Waals surface area (Å²) in [4.78, 5) is 22.8. The average molecular weight is 457 g/mol. The van der Waals surface area contributed by atoms with Crippen LogP contribution in [-0.4, -0.2) is 28.2 Å². The molecule has 1 amide bonds. The summed E-state index contributed by atoms with van der Waals surface area (Å²) in [7, 11) is 0. The minimum absolute atomic E-state index is 0.0113. The standard InChI is InChI=1S/C26H24N4O4/c1-18-12-22(30(32)33)13-19(2)26(18)34-17-25(31)28-27-14-21-16-29(15-20-8-4-3-5-9-20)24-11-7-6-10-23(21)24/h3-14,16H,15,17H2,1-2H3,(H,28,31). The van der Waals surface area contributed by atoms with Gasteiger partial charge in [0, 0.05) is 41.3 Å². The maximum absolute atomic E-state index is 12.3. The van der Waals surface area contributed by atoms with E-state index in [0.717, 1.165) is 23.0 Å². The van der Waals surface area contributed by atoms with Gasteiger partial charge in [-0.2, -0.15) is 5.10 Å². The zero-order valence-electron chi connectivity index (χ0n) is 18.9. The Balaban J connectivity index is 1.42. The molecule has 0 aliphatic rings. The van der Waals surface area contributed by atoms with E-state index >= 15 is 0 Å². The molecule has 4 aromatic rings. The van der Waals surface area contributed by atoms with Crippen molar-refractivity contribution in [1.29, 1.82) is 0 Å². The fourth-order valence-electron chi connectivity index (χ4n) is 3.89. The predicted octanol–water partition coefficient (Wildman–Crippen LogP) is 4.74. The Hall–Kier alpha value is -4.46. The second kappa shape index (κ2) is 9.99. The molecule has 0 fully saturated rings. The third kappa shape index (κ3) is 5.12. The Morgan fingerprint density at radius 2 is 1.76 bits per heavy atom. The van der Waals surface area contributed by atoms with Gasteiger partial charge < -0.3 is 9.30 Å². The Kier molecular flexibility index (Phi) is 6.68. The van der Waals surface area contributed by atoms with Crippen LogP contribution in [0, 0.1) is 24.0 Å². The van der Waals surface area contributed by atoms with E-state index in [0.29, 0.717) is 16.9 Å². The van der Waals surface area contributed by atoms with E-state index in [2.05, 4.69) is 33.3 Å². The molecule has 0 unspecified atom stereocenters.